The van der Waals surface area contributed by atoms with Gasteiger partial charge in [-0.3, -0.25) is 0 Å². The van der Waals surface area contributed by atoms with Gasteiger partial charge in [-0.25, -0.2) is 0 Å². The van der Waals surface area contributed by atoms with E-state index < -0.39 is 5.96 Å². The van der Waals surface area contributed by atoms with Crippen molar-refractivity contribution in [3.05, 3.63) is 126 Å². The Morgan fingerprint density at radius 1 is 0.688 bits per heavy atom. The quantitative estimate of drug-likeness (QED) is 0.255. The van der Waals surface area contributed by atoms with Crippen LogP contribution in [-0.4, -0.2) is 0 Å². The molecular formula is C28H21ClNPS. The van der Waals surface area contributed by atoms with Crippen LogP contribution in [-0.2, 0) is 6.16 Å². The van der Waals surface area contributed by atoms with Gasteiger partial charge in [0.15, 0.2) is 0 Å². The minimum atomic E-state index is -3.35. The van der Waals surface area contributed by atoms with Crippen LogP contribution in [0.3, 0.4) is 0 Å². The van der Waals surface area contributed by atoms with E-state index in [4.69, 9.17) is 11.2 Å². The predicted molar refractivity (Wildman–Crippen MR) is 141 cm³/mol. The molecule has 0 bridgehead atoms. The van der Waals surface area contributed by atoms with Crippen molar-refractivity contribution in [3.63, 3.8) is 0 Å². The third-order valence-electron chi connectivity index (χ3n) is 6.03. The van der Waals surface area contributed by atoms with E-state index in [2.05, 4.69) is 84.9 Å². The molecule has 0 atom stereocenters. The molecule has 1 heterocycles. The molecule has 1 nitrogen and oxygen atoms in total. The van der Waals surface area contributed by atoms with Gasteiger partial charge in [0.2, 0.25) is 0 Å². The fraction of sp³-hybridized carbons (Fsp3) is 0.0357. The van der Waals surface area contributed by atoms with Crippen LogP contribution in [0.1, 0.15) is 10.4 Å². The monoisotopic (exact) mass is 469 g/mol. The number of thiophene rings is 1. The van der Waals surface area contributed by atoms with Crippen molar-refractivity contribution in [2.75, 3.05) is 0 Å². The molecule has 0 aliphatic rings. The molecule has 0 unspecified atom stereocenters. The van der Waals surface area contributed by atoms with Crippen molar-refractivity contribution in [2.45, 2.75) is 6.16 Å². The molecule has 0 aliphatic heterocycles. The number of hydrogen-bond donors (Lipinski definition) is 0. The van der Waals surface area contributed by atoms with E-state index in [9.17, 15) is 5.26 Å². The Balaban J connectivity index is 1.82. The Morgan fingerprint density at radius 2 is 1.19 bits per heavy atom. The number of fused-ring (bicyclic) bond motifs is 1. The summed E-state index contributed by atoms with van der Waals surface area (Å²) in [5.74, 6) is -3.35. The Morgan fingerprint density at radius 3 is 1.66 bits per heavy atom. The van der Waals surface area contributed by atoms with Crippen LogP contribution in [0, 0.1) is 11.3 Å². The summed E-state index contributed by atoms with van der Waals surface area (Å²) in [5.41, 5.74) is 0.680. The van der Waals surface area contributed by atoms with Crippen LogP contribution >= 0.6 is 28.5 Å². The van der Waals surface area contributed by atoms with Gasteiger partial charge >= 0.3 is 198 Å². The molecule has 4 heteroatoms. The van der Waals surface area contributed by atoms with E-state index in [0.29, 0.717) is 11.7 Å². The topological polar surface area (TPSA) is 23.8 Å². The predicted octanol–water partition coefficient (Wildman–Crippen LogP) is 6.96. The first-order valence-electron chi connectivity index (χ1n) is 10.4. The molecule has 5 aromatic rings. The molecule has 0 amide bonds. The normalized spacial score (nSPS) is 12.7. The van der Waals surface area contributed by atoms with Crippen molar-refractivity contribution in [1.82, 2.24) is 0 Å². The second-order valence-electron chi connectivity index (χ2n) is 7.92. The van der Waals surface area contributed by atoms with Crippen molar-refractivity contribution >= 4 is 54.5 Å². The fourth-order valence-corrected chi connectivity index (χ4v) is 12.5. The summed E-state index contributed by atoms with van der Waals surface area (Å²) >= 11 is 9.94. The Labute approximate surface area is 197 Å². The van der Waals surface area contributed by atoms with E-state index in [-0.39, 0.29) is 0 Å². The van der Waals surface area contributed by atoms with Crippen LogP contribution < -0.4 is 15.9 Å². The zero-order valence-corrected chi connectivity index (χ0v) is 19.8. The average Bonchev–Trinajstić information content (AvgIpc) is 3.26. The summed E-state index contributed by atoms with van der Waals surface area (Å²) in [6, 6.07) is 42.0. The van der Waals surface area contributed by atoms with Gasteiger partial charge in [0.05, 0.1) is 0 Å². The molecule has 0 saturated heterocycles. The number of nitrogens with zero attached hydrogens (tertiary/aromatic N) is 1. The first kappa shape index (κ1) is 20.9. The van der Waals surface area contributed by atoms with E-state index in [1.54, 1.807) is 11.3 Å². The van der Waals surface area contributed by atoms with Gasteiger partial charge in [-0.2, -0.15) is 0 Å². The maximum atomic E-state index is 9.32. The molecule has 156 valence electrons. The summed E-state index contributed by atoms with van der Waals surface area (Å²) in [7, 11) is 0. The second-order valence-corrected chi connectivity index (χ2v) is 15.6. The van der Waals surface area contributed by atoms with E-state index >= 15 is 0 Å². The van der Waals surface area contributed by atoms with Crippen LogP contribution in [0.2, 0.25) is 0 Å². The molecule has 0 fully saturated rings. The molecule has 0 aliphatic carbocycles. The van der Waals surface area contributed by atoms with Crippen LogP contribution in [0.4, 0.5) is 0 Å². The SMILES string of the molecule is N#Cc1ccc2sc(CP(Cl)(c3ccccc3)(c3ccccc3)c3ccccc3)cc2c1. The van der Waals surface area contributed by atoms with Gasteiger partial charge in [0.25, 0.3) is 0 Å². The Kier molecular flexibility index (Phi) is 5.36. The van der Waals surface area contributed by atoms with Crippen molar-refractivity contribution in [1.29, 1.82) is 5.26 Å². The molecule has 5 rings (SSSR count). The molecule has 1 aromatic heterocycles. The van der Waals surface area contributed by atoms with Crippen molar-refractivity contribution in [2.24, 2.45) is 0 Å². The molecular weight excluding hydrogens is 449 g/mol. The summed E-state index contributed by atoms with van der Waals surface area (Å²) in [6.07, 6.45) is 0.715. The third kappa shape index (κ3) is 3.35. The van der Waals surface area contributed by atoms with E-state index in [1.807, 2.05) is 36.4 Å². The molecule has 0 spiro atoms. The molecule has 0 saturated carbocycles. The summed E-state index contributed by atoms with van der Waals surface area (Å²) in [4.78, 5) is 1.22. The van der Waals surface area contributed by atoms with E-state index in [0.717, 1.165) is 21.3 Å². The Bertz CT molecular complexity index is 1320. The summed E-state index contributed by atoms with van der Waals surface area (Å²) in [5, 5.41) is 13.9. The Hall–Kier alpha value is -2.95. The summed E-state index contributed by atoms with van der Waals surface area (Å²) in [6.45, 7) is 0. The van der Waals surface area contributed by atoms with Crippen LogP contribution in [0.25, 0.3) is 10.1 Å². The van der Waals surface area contributed by atoms with Gasteiger partial charge in [0, 0.05) is 0 Å². The van der Waals surface area contributed by atoms with Crippen molar-refractivity contribution in [3.8, 4) is 6.07 Å². The number of nitriles is 1. The third-order valence-corrected chi connectivity index (χ3v) is 14.5. The van der Waals surface area contributed by atoms with Crippen LogP contribution in [0.5, 0.6) is 0 Å². The first-order chi connectivity index (χ1) is 15.6. The number of hydrogen-bond acceptors (Lipinski definition) is 2. The average molecular weight is 470 g/mol. The molecule has 0 N–H and O–H groups in total. The fourth-order valence-electron chi connectivity index (χ4n) is 4.48. The van der Waals surface area contributed by atoms with Gasteiger partial charge in [-0.05, 0) is 0 Å². The zero-order valence-electron chi connectivity index (χ0n) is 17.4. The molecule has 4 aromatic carbocycles. The summed E-state index contributed by atoms with van der Waals surface area (Å²) < 4.78 is 1.18. The van der Waals surface area contributed by atoms with Crippen molar-refractivity contribution < 1.29 is 0 Å². The van der Waals surface area contributed by atoms with Crippen LogP contribution in [0.15, 0.2) is 115 Å². The van der Waals surface area contributed by atoms with Gasteiger partial charge in [-0.15, -0.1) is 0 Å². The standard InChI is InChI=1S/C28H21ClNPS/c29-31(24-10-4-1-5-11-24,25-12-6-2-7-13-25,26-14-8-3-9-15-26)21-27-19-23-18-22(20-30)16-17-28(23)32-27/h1-19H,21H2. The van der Waals surface area contributed by atoms with Gasteiger partial charge in [-0.1, -0.05) is 0 Å². The number of benzene rings is 4. The molecule has 32 heavy (non-hydrogen) atoms. The number of halogens is 1. The zero-order chi connectivity index (χ0) is 22.0. The van der Waals surface area contributed by atoms with E-state index in [1.165, 1.54) is 9.58 Å². The second kappa shape index (κ2) is 8.19. The number of rotatable bonds is 5. The van der Waals surface area contributed by atoms with Gasteiger partial charge in [0.1, 0.15) is 0 Å². The van der Waals surface area contributed by atoms with Gasteiger partial charge < -0.3 is 0 Å². The molecule has 0 radical (unpaired) electrons. The first-order valence-corrected chi connectivity index (χ1v) is 14.6. The minimum absolute atomic E-state index is 0.680. The maximum absolute atomic E-state index is 9.32.